The molecule has 0 saturated carbocycles. The number of carbonyl (C=O) groups is 1. The van der Waals surface area contributed by atoms with E-state index in [2.05, 4.69) is 9.97 Å². The third kappa shape index (κ3) is 1.55. The van der Waals surface area contributed by atoms with E-state index < -0.39 is 6.09 Å². The first-order valence-electron chi connectivity index (χ1n) is 3.69. The van der Waals surface area contributed by atoms with Crippen molar-refractivity contribution in [2.45, 2.75) is 0 Å². The van der Waals surface area contributed by atoms with Crippen molar-refractivity contribution in [3.63, 3.8) is 0 Å². The standard InChI is InChI=1S/C7H6ClN3O2/c8-5-3-6(10-4-9-5)11-1-2-13-7(11)12/h3-4H,1-2H2. The van der Waals surface area contributed by atoms with Gasteiger partial charge in [-0.05, 0) is 0 Å². The molecule has 2 heterocycles. The molecule has 6 heteroatoms. The van der Waals surface area contributed by atoms with Crippen LogP contribution in [0, 0.1) is 0 Å². The summed E-state index contributed by atoms with van der Waals surface area (Å²) < 4.78 is 4.74. The van der Waals surface area contributed by atoms with E-state index in [1.165, 1.54) is 17.3 Å². The zero-order valence-electron chi connectivity index (χ0n) is 6.61. The predicted octanol–water partition coefficient (Wildman–Crippen LogP) is 1.09. The van der Waals surface area contributed by atoms with Crippen LogP contribution in [0.2, 0.25) is 5.15 Å². The van der Waals surface area contributed by atoms with Gasteiger partial charge >= 0.3 is 6.09 Å². The second kappa shape index (κ2) is 3.18. The molecule has 1 aliphatic rings. The molecule has 1 aromatic heterocycles. The van der Waals surface area contributed by atoms with Gasteiger partial charge in [-0.15, -0.1) is 0 Å². The van der Waals surface area contributed by atoms with Crippen molar-refractivity contribution in [3.05, 3.63) is 17.5 Å². The van der Waals surface area contributed by atoms with Crippen molar-refractivity contribution < 1.29 is 9.53 Å². The van der Waals surface area contributed by atoms with Crippen LogP contribution in [0.25, 0.3) is 0 Å². The minimum absolute atomic E-state index is 0.310. The quantitative estimate of drug-likeness (QED) is 0.636. The topological polar surface area (TPSA) is 55.3 Å². The number of hydrogen-bond acceptors (Lipinski definition) is 4. The summed E-state index contributed by atoms with van der Waals surface area (Å²) in [7, 11) is 0. The average molecular weight is 200 g/mol. The van der Waals surface area contributed by atoms with Crippen LogP contribution in [-0.2, 0) is 4.74 Å². The summed E-state index contributed by atoms with van der Waals surface area (Å²) in [5, 5.41) is 0.310. The van der Waals surface area contributed by atoms with Crippen LogP contribution in [0.3, 0.4) is 0 Å². The van der Waals surface area contributed by atoms with Crippen LogP contribution in [-0.4, -0.2) is 29.2 Å². The molecule has 5 nitrogen and oxygen atoms in total. The van der Waals surface area contributed by atoms with Gasteiger partial charge in [-0.25, -0.2) is 14.8 Å². The Morgan fingerprint density at radius 1 is 1.54 bits per heavy atom. The zero-order chi connectivity index (χ0) is 9.26. The van der Waals surface area contributed by atoms with Crippen LogP contribution >= 0.6 is 11.6 Å². The van der Waals surface area contributed by atoms with E-state index in [1.807, 2.05) is 0 Å². The third-order valence-corrected chi connectivity index (χ3v) is 1.86. The van der Waals surface area contributed by atoms with Crippen LogP contribution in [0.5, 0.6) is 0 Å². The van der Waals surface area contributed by atoms with Gasteiger partial charge in [0.1, 0.15) is 23.9 Å². The molecule has 0 N–H and O–H groups in total. The highest BCUT2D eigenvalue weighted by Gasteiger charge is 2.24. The van der Waals surface area contributed by atoms with Crippen molar-refractivity contribution in [2.24, 2.45) is 0 Å². The molecule has 0 spiro atoms. The van der Waals surface area contributed by atoms with Gasteiger partial charge < -0.3 is 4.74 Å². The van der Waals surface area contributed by atoms with Gasteiger partial charge in [0.25, 0.3) is 0 Å². The lowest BCUT2D eigenvalue weighted by atomic mass is 10.5. The maximum atomic E-state index is 11.1. The second-order valence-electron chi connectivity index (χ2n) is 2.46. The summed E-state index contributed by atoms with van der Waals surface area (Å²) in [6.45, 7) is 0.895. The second-order valence-corrected chi connectivity index (χ2v) is 2.85. The maximum Gasteiger partial charge on any atom is 0.415 e. The van der Waals surface area contributed by atoms with Crippen LogP contribution in [0.4, 0.5) is 10.6 Å². The van der Waals surface area contributed by atoms with Crippen molar-refractivity contribution in [2.75, 3.05) is 18.1 Å². The molecule has 1 saturated heterocycles. The SMILES string of the molecule is O=C1OCCN1c1cc(Cl)ncn1. The van der Waals surface area contributed by atoms with Crippen molar-refractivity contribution in [3.8, 4) is 0 Å². The lowest BCUT2D eigenvalue weighted by molar-refractivity contribution is 0.181. The van der Waals surface area contributed by atoms with Gasteiger partial charge in [-0.1, -0.05) is 11.6 Å². The highest BCUT2D eigenvalue weighted by Crippen LogP contribution is 2.17. The molecule has 2 rings (SSSR count). The van der Waals surface area contributed by atoms with Crippen molar-refractivity contribution in [1.82, 2.24) is 9.97 Å². The largest absolute Gasteiger partial charge is 0.447 e. The van der Waals surface area contributed by atoms with Gasteiger partial charge in [0.05, 0.1) is 6.54 Å². The first-order chi connectivity index (χ1) is 6.27. The van der Waals surface area contributed by atoms with Gasteiger partial charge in [0.2, 0.25) is 0 Å². The van der Waals surface area contributed by atoms with Gasteiger partial charge in [0.15, 0.2) is 0 Å². The average Bonchev–Trinajstić information content (AvgIpc) is 2.51. The summed E-state index contributed by atoms with van der Waals surface area (Å²) in [6.07, 6.45) is 0.915. The first-order valence-corrected chi connectivity index (χ1v) is 4.07. The number of halogens is 1. The number of rotatable bonds is 1. The number of nitrogens with zero attached hydrogens (tertiary/aromatic N) is 3. The molecular weight excluding hydrogens is 194 g/mol. The van der Waals surface area contributed by atoms with Crippen molar-refractivity contribution in [1.29, 1.82) is 0 Å². The fraction of sp³-hybridized carbons (Fsp3) is 0.286. The Morgan fingerprint density at radius 2 is 2.38 bits per heavy atom. The molecule has 1 aliphatic heterocycles. The van der Waals surface area contributed by atoms with E-state index in [0.717, 1.165) is 0 Å². The molecule has 0 aromatic carbocycles. The van der Waals surface area contributed by atoms with Crippen molar-refractivity contribution >= 4 is 23.5 Å². The van der Waals surface area contributed by atoms with E-state index in [0.29, 0.717) is 24.1 Å². The molecular formula is C7H6ClN3O2. The highest BCUT2D eigenvalue weighted by atomic mass is 35.5. The molecule has 1 fully saturated rings. The van der Waals surface area contributed by atoms with Gasteiger partial charge in [0, 0.05) is 6.07 Å². The third-order valence-electron chi connectivity index (χ3n) is 1.66. The minimum atomic E-state index is -0.394. The number of hydrogen-bond donors (Lipinski definition) is 0. The van der Waals surface area contributed by atoms with Crippen LogP contribution < -0.4 is 4.90 Å². The molecule has 0 radical (unpaired) electrons. The predicted molar refractivity (Wildman–Crippen MR) is 45.7 cm³/mol. The van der Waals surface area contributed by atoms with E-state index >= 15 is 0 Å². The Balaban J connectivity index is 2.29. The molecule has 0 aliphatic carbocycles. The Kier molecular flexibility index (Phi) is 2.02. The summed E-state index contributed by atoms with van der Waals surface area (Å²) in [4.78, 5) is 20.1. The lowest BCUT2D eigenvalue weighted by Crippen LogP contribution is -2.24. The van der Waals surface area contributed by atoms with Gasteiger partial charge in [-0.3, -0.25) is 4.90 Å². The summed E-state index contributed by atoms with van der Waals surface area (Å²) in [5.41, 5.74) is 0. The number of aromatic nitrogens is 2. The molecule has 0 atom stereocenters. The molecule has 0 bridgehead atoms. The first kappa shape index (κ1) is 8.25. The molecule has 0 unspecified atom stereocenters. The molecule has 1 aromatic rings. The Morgan fingerprint density at radius 3 is 3.00 bits per heavy atom. The molecule has 1 amide bonds. The minimum Gasteiger partial charge on any atom is -0.447 e. The van der Waals surface area contributed by atoms with Gasteiger partial charge in [-0.2, -0.15) is 0 Å². The number of amides is 1. The fourth-order valence-corrected chi connectivity index (χ4v) is 1.21. The smallest absolute Gasteiger partial charge is 0.415 e. The maximum absolute atomic E-state index is 11.1. The number of cyclic esters (lactones) is 1. The van der Waals surface area contributed by atoms with E-state index in [-0.39, 0.29) is 0 Å². The normalized spacial score (nSPS) is 16.1. The Hall–Kier alpha value is -1.36. The number of anilines is 1. The summed E-state index contributed by atoms with van der Waals surface area (Å²) in [6, 6.07) is 1.52. The molecule has 13 heavy (non-hydrogen) atoms. The number of ether oxygens (including phenoxy) is 1. The summed E-state index contributed by atoms with van der Waals surface area (Å²) in [5.74, 6) is 0.475. The van der Waals surface area contributed by atoms with E-state index in [4.69, 9.17) is 16.3 Å². The van der Waals surface area contributed by atoms with E-state index in [9.17, 15) is 4.79 Å². The molecule has 68 valence electrons. The zero-order valence-corrected chi connectivity index (χ0v) is 7.36. The monoisotopic (exact) mass is 199 g/mol. The van der Waals surface area contributed by atoms with Crippen LogP contribution in [0.1, 0.15) is 0 Å². The lowest BCUT2D eigenvalue weighted by Gasteiger charge is -2.10. The highest BCUT2D eigenvalue weighted by molar-refractivity contribution is 6.29. The van der Waals surface area contributed by atoms with E-state index in [1.54, 1.807) is 0 Å². The number of carbonyl (C=O) groups excluding carboxylic acids is 1. The Labute approximate surface area is 79.3 Å². The Bertz CT molecular complexity index is 344. The fourth-order valence-electron chi connectivity index (χ4n) is 1.07. The van der Waals surface area contributed by atoms with Crippen LogP contribution in [0.15, 0.2) is 12.4 Å². The summed E-state index contributed by atoms with van der Waals surface area (Å²) >= 11 is 5.64.